The quantitative estimate of drug-likeness (QED) is 0.415. The summed E-state index contributed by atoms with van der Waals surface area (Å²) in [5, 5.41) is 16.5. The number of amides is 1. The van der Waals surface area contributed by atoms with Gasteiger partial charge in [0.15, 0.2) is 5.16 Å². The van der Waals surface area contributed by atoms with Gasteiger partial charge in [-0.15, -0.1) is 10.2 Å². The third-order valence-corrected chi connectivity index (χ3v) is 6.07. The van der Waals surface area contributed by atoms with Crippen LogP contribution in [-0.2, 0) is 4.79 Å². The van der Waals surface area contributed by atoms with E-state index in [1.54, 1.807) is 12.4 Å². The highest BCUT2D eigenvalue weighted by Crippen LogP contribution is 2.43. The number of nitrogens with one attached hydrogen (secondary N) is 1. The average molecular weight is 448 g/mol. The molecule has 162 valence electrons. The highest BCUT2D eigenvalue weighted by atomic mass is 32.2. The molecule has 3 aromatic heterocycles. The summed E-state index contributed by atoms with van der Waals surface area (Å²) in [6, 6.07) is 11.4. The second-order valence-electron chi connectivity index (χ2n) is 7.63. The van der Waals surface area contributed by atoms with Crippen molar-refractivity contribution in [2.75, 3.05) is 5.32 Å². The Hall–Kier alpha value is -3.53. The Morgan fingerprint density at radius 1 is 1.22 bits per heavy atom. The minimum absolute atomic E-state index is 0.113. The van der Waals surface area contributed by atoms with Crippen molar-refractivity contribution < 1.29 is 9.32 Å². The van der Waals surface area contributed by atoms with Crippen molar-refractivity contribution in [3.8, 4) is 17.1 Å². The van der Waals surface area contributed by atoms with Gasteiger partial charge in [0, 0.05) is 36.5 Å². The van der Waals surface area contributed by atoms with Crippen LogP contribution < -0.4 is 5.32 Å². The molecule has 1 amide bonds. The van der Waals surface area contributed by atoms with E-state index >= 15 is 0 Å². The van der Waals surface area contributed by atoms with Gasteiger partial charge in [-0.25, -0.2) is 0 Å². The maximum Gasteiger partial charge on any atom is 0.240 e. The van der Waals surface area contributed by atoms with Gasteiger partial charge in [-0.1, -0.05) is 23.0 Å². The lowest BCUT2D eigenvalue weighted by atomic mass is 10.2. The lowest BCUT2D eigenvalue weighted by molar-refractivity contribution is -0.114. The molecular formula is C22H21N7O2S. The van der Waals surface area contributed by atoms with Crippen molar-refractivity contribution in [1.82, 2.24) is 29.9 Å². The van der Waals surface area contributed by atoms with Crippen molar-refractivity contribution in [3.05, 3.63) is 60.5 Å². The van der Waals surface area contributed by atoms with E-state index < -0.39 is 0 Å². The predicted octanol–water partition coefficient (Wildman–Crippen LogP) is 4.40. The van der Waals surface area contributed by atoms with Crippen LogP contribution in [0.1, 0.15) is 49.6 Å². The van der Waals surface area contributed by atoms with E-state index in [0.29, 0.717) is 17.6 Å². The van der Waals surface area contributed by atoms with Crippen molar-refractivity contribution in [3.63, 3.8) is 0 Å². The lowest BCUT2D eigenvalue weighted by Crippen LogP contribution is -2.07. The van der Waals surface area contributed by atoms with E-state index in [4.69, 9.17) is 4.52 Å². The Kier molecular flexibility index (Phi) is 5.44. The second kappa shape index (κ2) is 8.54. The zero-order chi connectivity index (χ0) is 22.1. The molecule has 0 bridgehead atoms. The zero-order valence-electron chi connectivity index (χ0n) is 17.6. The Labute approximate surface area is 188 Å². The fourth-order valence-electron chi connectivity index (χ4n) is 3.36. The number of nitrogens with zero attached hydrogens (tertiary/aromatic N) is 6. The van der Waals surface area contributed by atoms with Crippen molar-refractivity contribution >= 4 is 23.4 Å². The lowest BCUT2D eigenvalue weighted by Gasteiger charge is -2.13. The summed E-state index contributed by atoms with van der Waals surface area (Å²) in [5.74, 6) is 2.26. The number of thioether (sulfide) groups is 1. The minimum Gasteiger partial charge on any atom is -0.338 e. The molecule has 1 aliphatic rings. The van der Waals surface area contributed by atoms with E-state index in [1.807, 2.05) is 43.3 Å². The second-order valence-corrected chi connectivity index (χ2v) is 8.94. The van der Waals surface area contributed by atoms with Crippen LogP contribution in [0.25, 0.3) is 17.1 Å². The van der Waals surface area contributed by atoms with Crippen LogP contribution in [0.5, 0.6) is 0 Å². The van der Waals surface area contributed by atoms with Crippen molar-refractivity contribution in [1.29, 1.82) is 0 Å². The molecule has 5 rings (SSSR count). The molecule has 10 heteroatoms. The summed E-state index contributed by atoms with van der Waals surface area (Å²) in [4.78, 5) is 20.1. The third kappa shape index (κ3) is 4.26. The first-order valence-corrected chi connectivity index (χ1v) is 11.2. The number of hydrogen-bond acceptors (Lipinski definition) is 8. The topological polar surface area (TPSA) is 112 Å². The van der Waals surface area contributed by atoms with Crippen LogP contribution in [-0.4, -0.2) is 35.8 Å². The first-order valence-electron chi connectivity index (χ1n) is 10.3. The Bertz CT molecular complexity index is 1250. The van der Waals surface area contributed by atoms with Crippen LogP contribution in [0, 0.1) is 0 Å². The normalized spacial score (nSPS) is 14.3. The van der Waals surface area contributed by atoms with Crippen LogP contribution in [0.3, 0.4) is 0 Å². The van der Waals surface area contributed by atoms with Crippen LogP contribution in [0.4, 0.5) is 5.69 Å². The highest BCUT2D eigenvalue weighted by Gasteiger charge is 2.32. The first kappa shape index (κ1) is 20.4. The molecule has 4 aromatic rings. The molecule has 1 fully saturated rings. The molecule has 1 N–H and O–H groups in total. The average Bonchev–Trinajstić information content (AvgIpc) is 3.36. The summed E-state index contributed by atoms with van der Waals surface area (Å²) >= 11 is 1.51. The predicted molar refractivity (Wildman–Crippen MR) is 119 cm³/mol. The summed E-state index contributed by atoms with van der Waals surface area (Å²) in [6.45, 7) is 3.49. The van der Waals surface area contributed by atoms with Gasteiger partial charge in [0.1, 0.15) is 5.82 Å². The molecular weight excluding hydrogens is 426 g/mol. The number of benzene rings is 1. The fraction of sp³-hybridized carbons (Fsp3) is 0.273. The van der Waals surface area contributed by atoms with Gasteiger partial charge in [-0.3, -0.25) is 14.3 Å². The van der Waals surface area contributed by atoms with Gasteiger partial charge < -0.3 is 9.84 Å². The number of hydrogen-bond donors (Lipinski definition) is 1. The van der Waals surface area contributed by atoms with Gasteiger partial charge in [0.25, 0.3) is 0 Å². The molecule has 0 radical (unpaired) electrons. The smallest absolute Gasteiger partial charge is 0.240 e. The first-order chi connectivity index (χ1) is 15.6. The van der Waals surface area contributed by atoms with E-state index in [0.717, 1.165) is 40.8 Å². The summed E-state index contributed by atoms with van der Waals surface area (Å²) in [7, 11) is 0. The van der Waals surface area contributed by atoms with Crippen molar-refractivity contribution in [2.45, 2.75) is 43.0 Å². The van der Waals surface area contributed by atoms with Gasteiger partial charge in [0.05, 0.1) is 10.9 Å². The standard InChI is InChI=1S/C22H21N7O2S/c1-13(21-25-19(28-31-21)15-8-10-23-11-9-15)32-22-27-26-20(16-6-7-16)29(22)18-5-3-4-17(12-18)24-14(2)30/h3-5,8-13,16H,6-7H2,1-2H3,(H,24,30). The van der Waals surface area contributed by atoms with Gasteiger partial charge in [-0.2, -0.15) is 4.98 Å². The van der Waals surface area contributed by atoms with Gasteiger partial charge in [0.2, 0.25) is 17.6 Å². The number of anilines is 1. The molecule has 32 heavy (non-hydrogen) atoms. The van der Waals surface area contributed by atoms with E-state index in [1.165, 1.54) is 18.7 Å². The van der Waals surface area contributed by atoms with Crippen LogP contribution in [0.15, 0.2) is 58.5 Å². The van der Waals surface area contributed by atoms with E-state index in [-0.39, 0.29) is 11.2 Å². The Balaban J connectivity index is 1.44. The molecule has 1 unspecified atom stereocenters. The highest BCUT2D eigenvalue weighted by molar-refractivity contribution is 7.99. The number of carbonyl (C=O) groups is 1. The molecule has 1 aliphatic carbocycles. The Morgan fingerprint density at radius 2 is 2.03 bits per heavy atom. The monoisotopic (exact) mass is 447 g/mol. The number of carbonyl (C=O) groups excluding carboxylic acids is 1. The maximum atomic E-state index is 11.5. The molecule has 0 spiro atoms. The van der Waals surface area contributed by atoms with E-state index in [9.17, 15) is 4.79 Å². The molecule has 0 saturated heterocycles. The van der Waals surface area contributed by atoms with Gasteiger partial charge in [-0.05, 0) is 50.1 Å². The molecule has 1 saturated carbocycles. The molecule has 3 heterocycles. The number of rotatable bonds is 7. The third-order valence-electron chi connectivity index (χ3n) is 5.04. The number of aromatic nitrogens is 6. The largest absolute Gasteiger partial charge is 0.338 e. The Morgan fingerprint density at radius 3 is 2.78 bits per heavy atom. The summed E-state index contributed by atoms with van der Waals surface area (Å²) < 4.78 is 7.58. The van der Waals surface area contributed by atoms with Crippen molar-refractivity contribution in [2.24, 2.45) is 0 Å². The minimum atomic E-state index is -0.133. The molecule has 0 aliphatic heterocycles. The van der Waals surface area contributed by atoms with Gasteiger partial charge >= 0.3 is 0 Å². The van der Waals surface area contributed by atoms with Crippen LogP contribution in [0.2, 0.25) is 0 Å². The zero-order valence-corrected chi connectivity index (χ0v) is 18.4. The van der Waals surface area contributed by atoms with Crippen LogP contribution >= 0.6 is 11.8 Å². The number of pyridine rings is 1. The fourth-order valence-corrected chi connectivity index (χ4v) is 4.26. The summed E-state index contributed by atoms with van der Waals surface area (Å²) in [5.41, 5.74) is 2.48. The molecule has 1 atom stereocenters. The molecule has 9 nitrogen and oxygen atoms in total. The SMILES string of the molecule is CC(=O)Nc1cccc(-n2c(SC(C)c3nc(-c4ccncc4)no3)nnc2C2CC2)c1. The van der Waals surface area contributed by atoms with E-state index in [2.05, 4.69) is 35.2 Å². The maximum absolute atomic E-state index is 11.5. The molecule has 1 aromatic carbocycles. The summed E-state index contributed by atoms with van der Waals surface area (Å²) in [6.07, 6.45) is 5.59.